The molecule has 10 nitrogen and oxygen atoms in total. The van der Waals surface area contributed by atoms with E-state index < -0.39 is 23.5 Å². The standard InChI is InChI=1S/C21H23Cl2N5O5/c1-26-16-17(25-19(26)24-12-4-3-5-13(9-12)33-21(31)32)27(2)20(30)28(18(16)29)10-11-6-7-14(22)15(23)8-11/h6-8,12-13H,3-5,9-10H2,1-2H3,(H,24,25)(H,31,32). The first-order chi connectivity index (χ1) is 15.7. The first-order valence-corrected chi connectivity index (χ1v) is 11.2. The molecule has 2 atom stereocenters. The number of anilines is 1. The molecule has 0 aliphatic heterocycles. The number of nitrogens with one attached hydrogen (secondary N) is 1. The smallest absolute Gasteiger partial charge is 0.450 e. The van der Waals surface area contributed by atoms with E-state index in [0.717, 1.165) is 17.4 Å². The minimum absolute atomic E-state index is 0.0309. The van der Waals surface area contributed by atoms with E-state index in [0.29, 0.717) is 34.4 Å². The van der Waals surface area contributed by atoms with Gasteiger partial charge in [0.05, 0.1) is 16.6 Å². The van der Waals surface area contributed by atoms with Gasteiger partial charge in [-0.3, -0.25) is 13.9 Å². The highest BCUT2D eigenvalue weighted by molar-refractivity contribution is 6.42. The Morgan fingerprint density at radius 2 is 1.97 bits per heavy atom. The topological polar surface area (TPSA) is 120 Å². The SMILES string of the molecule is Cn1c(NC2CCCC(OC(=O)O)C2)nc2c1c(=O)n(Cc1ccc(Cl)c(Cl)c1)c(=O)n2C. The number of hydrogen-bond acceptors (Lipinski definition) is 6. The monoisotopic (exact) mass is 495 g/mol. The number of halogens is 2. The molecule has 1 aromatic carbocycles. The lowest BCUT2D eigenvalue weighted by atomic mass is 9.93. The molecule has 1 aliphatic rings. The third-order valence-electron chi connectivity index (χ3n) is 5.91. The molecule has 2 aromatic heterocycles. The van der Waals surface area contributed by atoms with Gasteiger partial charge in [0.15, 0.2) is 11.2 Å². The van der Waals surface area contributed by atoms with E-state index in [9.17, 15) is 14.4 Å². The summed E-state index contributed by atoms with van der Waals surface area (Å²) in [5, 5.41) is 12.9. The van der Waals surface area contributed by atoms with Crippen molar-refractivity contribution >= 4 is 46.5 Å². The van der Waals surface area contributed by atoms with Crippen LogP contribution in [0, 0.1) is 0 Å². The molecule has 0 radical (unpaired) electrons. The van der Waals surface area contributed by atoms with Crippen LogP contribution < -0.4 is 16.6 Å². The maximum atomic E-state index is 13.3. The van der Waals surface area contributed by atoms with Gasteiger partial charge in [0.25, 0.3) is 5.56 Å². The average molecular weight is 496 g/mol. The molecule has 0 amide bonds. The Morgan fingerprint density at radius 1 is 1.21 bits per heavy atom. The quantitative estimate of drug-likeness (QED) is 0.521. The van der Waals surface area contributed by atoms with Crippen molar-refractivity contribution in [2.45, 2.75) is 44.4 Å². The lowest BCUT2D eigenvalue weighted by Crippen LogP contribution is -2.39. The van der Waals surface area contributed by atoms with Crippen molar-refractivity contribution in [2.24, 2.45) is 14.1 Å². The van der Waals surface area contributed by atoms with Gasteiger partial charge in [-0.1, -0.05) is 29.3 Å². The lowest BCUT2D eigenvalue weighted by Gasteiger charge is -2.28. The van der Waals surface area contributed by atoms with Crippen molar-refractivity contribution < 1.29 is 14.6 Å². The number of fused-ring (bicyclic) bond motifs is 1. The predicted molar refractivity (Wildman–Crippen MR) is 125 cm³/mol. The Bertz CT molecular complexity index is 1350. The van der Waals surface area contributed by atoms with Gasteiger partial charge in [-0.15, -0.1) is 0 Å². The van der Waals surface area contributed by atoms with Gasteiger partial charge in [-0.05, 0) is 37.0 Å². The molecular formula is C21H23Cl2N5O5. The molecule has 0 bridgehead atoms. The second-order valence-corrected chi connectivity index (χ2v) is 8.98. The Morgan fingerprint density at radius 3 is 2.67 bits per heavy atom. The summed E-state index contributed by atoms with van der Waals surface area (Å²) < 4.78 is 9.00. The van der Waals surface area contributed by atoms with E-state index in [1.54, 1.807) is 36.9 Å². The first-order valence-electron chi connectivity index (χ1n) is 10.4. The fourth-order valence-corrected chi connectivity index (χ4v) is 4.56. The molecule has 3 aromatic rings. The largest absolute Gasteiger partial charge is 0.506 e. The minimum atomic E-state index is -1.29. The number of nitrogens with zero attached hydrogens (tertiary/aromatic N) is 4. The van der Waals surface area contributed by atoms with E-state index in [1.807, 2.05) is 0 Å². The summed E-state index contributed by atoms with van der Waals surface area (Å²) in [7, 11) is 3.25. The van der Waals surface area contributed by atoms with E-state index in [4.69, 9.17) is 33.0 Å². The van der Waals surface area contributed by atoms with Gasteiger partial charge in [-0.25, -0.2) is 9.59 Å². The fourth-order valence-electron chi connectivity index (χ4n) is 4.24. The van der Waals surface area contributed by atoms with Crippen molar-refractivity contribution in [2.75, 3.05) is 5.32 Å². The van der Waals surface area contributed by atoms with Gasteiger partial charge in [-0.2, -0.15) is 4.98 Å². The number of aryl methyl sites for hydroxylation is 2. The Hall–Kier alpha value is -2.98. The molecule has 4 rings (SSSR count). The summed E-state index contributed by atoms with van der Waals surface area (Å²) in [5.74, 6) is 0.422. The van der Waals surface area contributed by atoms with Gasteiger partial charge in [0.1, 0.15) is 6.10 Å². The van der Waals surface area contributed by atoms with Crippen LogP contribution in [-0.4, -0.2) is 42.1 Å². The number of imidazole rings is 1. The summed E-state index contributed by atoms with van der Waals surface area (Å²) in [5.41, 5.74) is 0.215. The molecule has 1 saturated carbocycles. The summed E-state index contributed by atoms with van der Waals surface area (Å²) in [6.07, 6.45) is 1.09. The van der Waals surface area contributed by atoms with Gasteiger partial charge in [0, 0.05) is 26.6 Å². The number of benzene rings is 1. The highest BCUT2D eigenvalue weighted by atomic mass is 35.5. The number of aromatic nitrogens is 4. The van der Waals surface area contributed by atoms with E-state index >= 15 is 0 Å². The molecule has 2 unspecified atom stereocenters. The molecule has 1 aliphatic carbocycles. The lowest BCUT2D eigenvalue weighted by molar-refractivity contribution is 0.0337. The highest BCUT2D eigenvalue weighted by Gasteiger charge is 2.27. The highest BCUT2D eigenvalue weighted by Crippen LogP contribution is 2.25. The normalized spacial score (nSPS) is 18.4. The summed E-state index contributed by atoms with van der Waals surface area (Å²) in [6, 6.07) is 4.87. The van der Waals surface area contributed by atoms with Crippen molar-refractivity contribution in [3.63, 3.8) is 0 Å². The number of hydrogen-bond donors (Lipinski definition) is 2. The van der Waals surface area contributed by atoms with Crippen LogP contribution in [0.2, 0.25) is 10.0 Å². The van der Waals surface area contributed by atoms with Crippen LogP contribution in [0.3, 0.4) is 0 Å². The molecular weight excluding hydrogens is 473 g/mol. The van der Waals surface area contributed by atoms with Gasteiger partial charge in [0.2, 0.25) is 5.95 Å². The van der Waals surface area contributed by atoms with E-state index in [-0.39, 0.29) is 23.8 Å². The Balaban J connectivity index is 1.68. The van der Waals surface area contributed by atoms with E-state index in [2.05, 4.69) is 10.3 Å². The molecule has 0 spiro atoms. The van der Waals surface area contributed by atoms with Crippen LogP contribution >= 0.6 is 23.2 Å². The van der Waals surface area contributed by atoms with Crippen LogP contribution in [0.15, 0.2) is 27.8 Å². The molecule has 176 valence electrons. The maximum absolute atomic E-state index is 13.3. The molecule has 2 heterocycles. The average Bonchev–Trinajstić information content (AvgIpc) is 3.08. The van der Waals surface area contributed by atoms with Crippen LogP contribution in [0.4, 0.5) is 10.7 Å². The van der Waals surface area contributed by atoms with Crippen molar-refractivity contribution in [1.82, 2.24) is 18.7 Å². The minimum Gasteiger partial charge on any atom is -0.450 e. The first kappa shape index (κ1) is 23.2. The van der Waals surface area contributed by atoms with Crippen LogP contribution in [0.5, 0.6) is 0 Å². The maximum Gasteiger partial charge on any atom is 0.506 e. The van der Waals surface area contributed by atoms with Crippen molar-refractivity contribution in [3.05, 3.63) is 54.6 Å². The fraction of sp³-hybridized carbons (Fsp3) is 0.429. The molecule has 12 heteroatoms. The third-order valence-corrected chi connectivity index (χ3v) is 6.65. The van der Waals surface area contributed by atoms with E-state index in [1.165, 1.54) is 4.57 Å². The van der Waals surface area contributed by atoms with Gasteiger partial charge < -0.3 is 19.7 Å². The zero-order chi connectivity index (χ0) is 23.9. The second kappa shape index (κ2) is 9.11. The van der Waals surface area contributed by atoms with Crippen molar-refractivity contribution in [1.29, 1.82) is 0 Å². The number of carboxylic acid groups (broad SMARTS) is 1. The van der Waals surface area contributed by atoms with Crippen LogP contribution in [0.1, 0.15) is 31.2 Å². The summed E-state index contributed by atoms with van der Waals surface area (Å²) in [6.45, 7) is 0.0309. The molecule has 33 heavy (non-hydrogen) atoms. The number of ether oxygens (including phenoxy) is 1. The number of rotatable bonds is 5. The van der Waals surface area contributed by atoms with Gasteiger partial charge >= 0.3 is 11.8 Å². The van der Waals surface area contributed by atoms with Crippen LogP contribution in [-0.2, 0) is 25.4 Å². The Labute approximate surface area is 198 Å². The Kier molecular flexibility index (Phi) is 6.40. The third kappa shape index (κ3) is 4.58. The molecule has 0 saturated heterocycles. The predicted octanol–water partition coefficient (Wildman–Crippen LogP) is 3.21. The number of carbonyl (C=O) groups is 1. The van der Waals surface area contributed by atoms with Crippen LogP contribution in [0.25, 0.3) is 11.2 Å². The molecule has 1 fully saturated rings. The molecule has 2 N–H and O–H groups in total. The van der Waals surface area contributed by atoms with Crippen molar-refractivity contribution in [3.8, 4) is 0 Å². The zero-order valence-electron chi connectivity index (χ0n) is 18.0. The zero-order valence-corrected chi connectivity index (χ0v) is 19.6. The second-order valence-electron chi connectivity index (χ2n) is 8.16. The summed E-state index contributed by atoms with van der Waals surface area (Å²) >= 11 is 12.0. The summed E-state index contributed by atoms with van der Waals surface area (Å²) in [4.78, 5) is 41.6.